The van der Waals surface area contributed by atoms with Gasteiger partial charge in [-0.1, -0.05) is 6.07 Å². The van der Waals surface area contributed by atoms with Crippen molar-refractivity contribution in [3.63, 3.8) is 0 Å². The second-order valence-electron chi connectivity index (χ2n) is 6.48. The molecule has 2 aromatic carbocycles. The number of nitrogens with zero attached hydrogens (tertiary/aromatic N) is 2. The van der Waals surface area contributed by atoms with E-state index < -0.39 is 0 Å². The van der Waals surface area contributed by atoms with Crippen LogP contribution in [0.5, 0.6) is 23.0 Å². The van der Waals surface area contributed by atoms with E-state index in [9.17, 15) is 4.79 Å². The standard InChI is InChI=1S/C20H17N3O5/c1-23-15(13-3-5-17-19(7-13)28-11-26-17)8-14(22-23)20(24)21-9-12-2-4-16-18(6-12)27-10-25-16/h2-8H,9-11H2,1H3,(H,21,24). The second kappa shape index (κ2) is 6.49. The summed E-state index contributed by atoms with van der Waals surface area (Å²) < 4.78 is 23.1. The smallest absolute Gasteiger partial charge is 0.272 e. The number of aryl methyl sites for hydroxylation is 1. The lowest BCUT2D eigenvalue weighted by atomic mass is 10.1. The average Bonchev–Trinajstić information content (AvgIpc) is 3.44. The van der Waals surface area contributed by atoms with Gasteiger partial charge in [-0.2, -0.15) is 5.10 Å². The molecule has 5 rings (SSSR count). The van der Waals surface area contributed by atoms with Crippen molar-refractivity contribution in [3.05, 3.63) is 53.7 Å². The van der Waals surface area contributed by atoms with Crippen molar-refractivity contribution in [3.8, 4) is 34.3 Å². The molecule has 1 aromatic heterocycles. The largest absolute Gasteiger partial charge is 0.454 e. The first-order chi connectivity index (χ1) is 13.7. The van der Waals surface area contributed by atoms with Crippen LogP contribution in [0, 0.1) is 0 Å². The van der Waals surface area contributed by atoms with Gasteiger partial charge in [-0.15, -0.1) is 0 Å². The number of hydrogen-bond acceptors (Lipinski definition) is 6. The van der Waals surface area contributed by atoms with Crippen LogP contribution >= 0.6 is 0 Å². The van der Waals surface area contributed by atoms with E-state index in [-0.39, 0.29) is 19.5 Å². The molecule has 0 atom stereocenters. The molecule has 3 heterocycles. The van der Waals surface area contributed by atoms with Crippen LogP contribution in [0.3, 0.4) is 0 Å². The molecule has 2 aliphatic rings. The topological polar surface area (TPSA) is 83.8 Å². The summed E-state index contributed by atoms with van der Waals surface area (Å²) in [6.07, 6.45) is 0. The zero-order valence-electron chi connectivity index (χ0n) is 15.1. The highest BCUT2D eigenvalue weighted by Crippen LogP contribution is 2.36. The number of fused-ring (bicyclic) bond motifs is 2. The van der Waals surface area contributed by atoms with E-state index >= 15 is 0 Å². The van der Waals surface area contributed by atoms with Gasteiger partial charge in [0, 0.05) is 19.2 Å². The van der Waals surface area contributed by atoms with Crippen molar-refractivity contribution in [2.45, 2.75) is 6.54 Å². The van der Waals surface area contributed by atoms with Crippen LogP contribution in [0.25, 0.3) is 11.3 Å². The van der Waals surface area contributed by atoms with Crippen LogP contribution in [0.4, 0.5) is 0 Å². The lowest BCUT2D eigenvalue weighted by Gasteiger charge is -2.04. The number of carbonyl (C=O) groups excluding carboxylic acids is 1. The Bertz CT molecular complexity index is 1080. The molecule has 8 heteroatoms. The van der Waals surface area contributed by atoms with Crippen molar-refractivity contribution in [2.75, 3.05) is 13.6 Å². The molecule has 0 saturated heterocycles. The van der Waals surface area contributed by atoms with Gasteiger partial charge in [-0.25, -0.2) is 0 Å². The summed E-state index contributed by atoms with van der Waals surface area (Å²) in [5, 5.41) is 7.22. The minimum Gasteiger partial charge on any atom is -0.454 e. The van der Waals surface area contributed by atoms with Crippen LogP contribution < -0.4 is 24.3 Å². The number of benzene rings is 2. The Morgan fingerprint density at radius 2 is 1.64 bits per heavy atom. The number of nitrogens with one attached hydrogen (secondary N) is 1. The maximum absolute atomic E-state index is 12.5. The number of ether oxygens (including phenoxy) is 4. The SMILES string of the molecule is Cn1nc(C(=O)NCc2ccc3c(c2)OCO3)cc1-c1ccc2c(c1)OCO2. The second-order valence-corrected chi connectivity index (χ2v) is 6.48. The molecule has 0 fully saturated rings. The summed E-state index contributed by atoms with van der Waals surface area (Å²) in [5.41, 5.74) is 2.97. The van der Waals surface area contributed by atoms with Crippen LogP contribution in [0.1, 0.15) is 16.1 Å². The molecule has 2 aliphatic heterocycles. The Hall–Kier alpha value is -3.68. The summed E-state index contributed by atoms with van der Waals surface area (Å²) in [4.78, 5) is 12.5. The van der Waals surface area contributed by atoms with Crippen molar-refractivity contribution in [1.29, 1.82) is 0 Å². The van der Waals surface area contributed by atoms with Gasteiger partial charge in [-0.3, -0.25) is 9.48 Å². The molecule has 0 saturated carbocycles. The van der Waals surface area contributed by atoms with E-state index in [2.05, 4.69) is 10.4 Å². The van der Waals surface area contributed by atoms with E-state index in [0.717, 1.165) is 16.8 Å². The van der Waals surface area contributed by atoms with Gasteiger partial charge in [0.2, 0.25) is 13.6 Å². The van der Waals surface area contributed by atoms with Gasteiger partial charge in [0.1, 0.15) is 0 Å². The molecule has 8 nitrogen and oxygen atoms in total. The van der Waals surface area contributed by atoms with Gasteiger partial charge >= 0.3 is 0 Å². The van der Waals surface area contributed by atoms with Crippen LogP contribution in [0.15, 0.2) is 42.5 Å². The molecule has 0 unspecified atom stereocenters. The molecule has 142 valence electrons. The van der Waals surface area contributed by atoms with Crippen LogP contribution in [0.2, 0.25) is 0 Å². The average molecular weight is 379 g/mol. The highest BCUT2D eigenvalue weighted by molar-refractivity contribution is 5.93. The fraction of sp³-hybridized carbons (Fsp3) is 0.200. The first kappa shape index (κ1) is 16.5. The molecule has 0 radical (unpaired) electrons. The highest BCUT2D eigenvalue weighted by atomic mass is 16.7. The van der Waals surface area contributed by atoms with E-state index in [4.69, 9.17) is 18.9 Å². The number of rotatable bonds is 4. The third kappa shape index (κ3) is 2.88. The molecule has 1 N–H and O–H groups in total. The third-order valence-corrected chi connectivity index (χ3v) is 4.67. The predicted molar refractivity (Wildman–Crippen MR) is 98.5 cm³/mol. The predicted octanol–water partition coefficient (Wildman–Crippen LogP) is 2.47. The Morgan fingerprint density at radius 3 is 2.43 bits per heavy atom. The summed E-state index contributed by atoms with van der Waals surface area (Å²) in [7, 11) is 1.80. The fourth-order valence-corrected chi connectivity index (χ4v) is 3.23. The fourth-order valence-electron chi connectivity index (χ4n) is 3.23. The lowest BCUT2D eigenvalue weighted by Crippen LogP contribution is -2.23. The monoisotopic (exact) mass is 379 g/mol. The molecule has 28 heavy (non-hydrogen) atoms. The van der Waals surface area contributed by atoms with Crippen LogP contribution in [-0.4, -0.2) is 29.3 Å². The summed E-state index contributed by atoms with van der Waals surface area (Å²) in [6, 6.07) is 13.0. The number of carbonyl (C=O) groups is 1. The van der Waals surface area contributed by atoms with E-state index in [1.54, 1.807) is 17.8 Å². The first-order valence-corrected chi connectivity index (χ1v) is 8.78. The maximum atomic E-state index is 12.5. The van der Waals surface area contributed by atoms with E-state index in [1.807, 2.05) is 36.4 Å². The molecular formula is C20H17N3O5. The van der Waals surface area contributed by atoms with Crippen molar-refractivity contribution in [1.82, 2.24) is 15.1 Å². The molecular weight excluding hydrogens is 362 g/mol. The zero-order chi connectivity index (χ0) is 19.1. The van der Waals surface area contributed by atoms with Gasteiger partial charge in [0.05, 0.1) is 5.69 Å². The van der Waals surface area contributed by atoms with Crippen molar-refractivity contribution in [2.24, 2.45) is 7.05 Å². The summed E-state index contributed by atoms with van der Waals surface area (Å²) >= 11 is 0. The Morgan fingerprint density at radius 1 is 0.964 bits per heavy atom. The Kier molecular flexibility index (Phi) is 3.82. The molecule has 3 aromatic rings. The van der Waals surface area contributed by atoms with Crippen molar-refractivity contribution >= 4 is 5.91 Å². The maximum Gasteiger partial charge on any atom is 0.272 e. The lowest BCUT2D eigenvalue weighted by molar-refractivity contribution is 0.0945. The van der Waals surface area contributed by atoms with Gasteiger partial charge in [-0.05, 0) is 42.0 Å². The number of aromatic nitrogens is 2. The minimum atomic E-state index is -0.250. The number of amides is 1. The Labute approximate surface area is 160 Å². The van der Waals surface area contributed by atoms with E-state index in [0.29, 0.717) is 35.2 Å². The van der Waals surface area contributed by atoms with Gasteiger partial charge in [0.25, 0.3) is 5.91 Å². The Balaban J connectivity index is 1.31. The van der Waals surface area contributed by atoms with Crippen molar-refractivity contribution < 1.29 is 23.7 Å². The van der Waals surface area contributed by atoms with E-state index in [1.165, 1.54) is 0 Å². The molecule has 0 spiro atoms. The highest BCUT2D eigenvalue weighted by Gasteiger charge is 2.18. The first-order valence-electron chi connectivity index (χ1n) is 8.78. The molecule has 0 bridgehead atoms. The third-order valence-electron chi connectivity index (χ3n) is 4.67. The quantitative estimate of drug-likeness (QED) is 0.750. The summed E-state index contributed by atoms with van der Waals surface area (Å²) in [6.45, 7) is 0.810. The number of hydrogen-bond donors (Lipinski definition) is 1. The van der Waals surface area contributed by atoms with Gasteiger partial charge in [0.15, 0.2) is 28.7 Å². The summed E-state index contributed by atoms with van der Waals surface area (Å²) in [5.74, 6) is 2.56. The normalized spacial score (nSPS) is 13.6. The van der Waals surface area contributed by atoms with Gasteiger partial charge < -0.3 is 24.3 Å². The van der Waals surface area contributed by atoms with Crippen LogP contribution in [-0.2, 0) is 13.6 Å². The molecule has 0 aliphatic carbocycles. The zero-order valence-corrected chi connectivity index (χ0v) is 15.1. The minimum absolute atomic E-state index is 0.220. The molecule has 1 amide bonds.